The van der Waals surface area contributed by atoms with Crippen LogP contribution in [0.5, 0.6) is 0 Å². The molecule has 2 heterocycles. The molecule has 5 nitrogen and oxygen atoms in total. The van der Waals surface area contributed by atoms with Gasteiger partial charge in [-0.3, -0.25) is 9.48 Å². The van der Waals surface area contributed by atoms with Crippen molar-refractivity contribution in [3.05, 3.63) is 53.5 Å². The number of benzene rings is 1. The summed E-state index contributed by atoms with van der Waals surface area (Å²) in [6.07, 6.45) is 4.21. The summed E-state index contributed by atoms with van der Waals surface area (Å²) < 4.78 is 1.76. The average Bonchev–Trinajstić information content (AvgIpc) is 3.00. The number of nitrogens with zero attached hydrogens (tertiary/aromatic N) is 2. The minimum absolute atomic E-state index is 0.0167. The second-order valence-electron chi connectivity index (χ2n) is 5.23. The van der Waals surface area contributed by atoms with Crippen LogP contribution in [0.4, 0.5) is 0 Å². The smallest absolute Gasteiger partial charge is 0.224 e. The molecule has 2 aromatic heterocycles. The zero-order valence-electron chi connectivity index (χ0n) is 12.2. The van der Waals surface area contributed by atoms with Crippen LogP contribution in [0.25, 0.3) is 10.9 Å². The first-order valence-electron chi connectivity index (χ1n) is 6.94. The fourth-order valence-electron chi connectivity index (χ4n) is 2.53. The second kappa shape index (κ2) is 5.44. The van der Waals surface area contributed by atoms with E-state index in [1.54, 1.807) is 4.68 Å². The molecule has 0 aliphatic carbocycles. The molecular weight excluding hydrogens is 264 g/mol. The van der Waals surface area contributed by atoms with Gasteiger partial charge < -0.3 is 10.3 Å². The zero-order chi connectivity index (χ0) is 14.8. The van der Waals surface area contributed by atoms with Crippen LogP contribution < -0.4 is 5.32 Å². The van der Waals surface area contributed by atoms with Crippen molar-refractivity contribution in [1.29, 1.82) is 0 Å². The van der Waals surface area contributed by atoms with E-state index in [4.69, 9.17) is 0 Å². The Kier molecular flexibility index (Phi) is 3.48. The van der Waals surface area contributed by atoms with Crippen molar-refractivity contribution in [3.8, 4) is 0 Å². The maximum absolute atomic E-state index is 12.1. The Morgan fingerprint density at radius 3 is 2.90 bits per heavy atom. The van der Waals surface area contributed by atoms with Gasteiger partial charge in [0.15, 0.2) is 0 Å². The van der Waals surface area contributed by atoms with Gasteiger partial charge in [0.1, 0.15) is 0 Å². The van der Waals surface area contributed by atoms with Gasteiger partial charge in [0.2, 0.25) is 5.91 Å². The molecule has 3 rings (SSSR count). The number of carbonyl (C=O) groups is 1. The van der Waals surface area contributed by atoms with Crippen molar-refractivity contribution in [3.63, 3.8) is 0 Å². The number of fused-ring (bicyclic) bond motifs is 1. The van der Waals surface area contributed by atoms with Crippen molar-refractivity contribution >= 4 is 16.8 Å². The van der Waals surface area contributed by atoms with Crippen LogP contribution in [0.15, 0.2) is 36.7 Å². The average molecular weight is 282 g/mol. The van der Waals surface area contributed by atoms with Gasteiger partial charge in [-0.25, -0.2) is 0 Å². The van der Waals surface area contributed by atoms with E-state index in [1.807, 2.05) is 50.6 Å². The summed E-state index contributed by atoms with van der Waals surface area (Å²) in [7, 11) is 1.88. The number of H-pyrrole nitrogens is 1. The molecule has 5 heteroatoms. The van der Waals surface area contributed by atoms with Crippen molar-refractivity contribution < 1.29 is 4.79 Å². The first-order valence-corrected chi connectivity index (χ1v) is 6.94. The number of hydrogen-bond acceptors (Lipinski definition) is 2. The molecule has 0 aliphatic heterocycles. The Morgan fingerprint density at radius 1 is 1.33 bits per heavy atom. The van der Waals surface area contributed by atoms with Gasteiger partial charge in [-0.15, -0.1) is 0 Å². The highest BCUT2D eigenvalue weighted by atomic mass is 16.1. The molecule has 0 atom stereocenters. The number of hydrogen-bond donors (Lipinski definition) is 2. The predicted octanol–water partition coefficient (Wildman–Crippen LogP) is 2.07. The molecule has 1 amide bonds. The largest absolute Gasteiger partial charge is 0.361 e. The highest BCUT2D eigenvalue weighted by Gasteiger charge is 2.09. The van der Waals surface area contributed by atoms with E-state index in [0.717, 1.165) is 27.7 Å². The van der Waals surface area contributed by atoms with E-state index in [2.05, 4.69) is 15.4 Å². The molecular formula is C16H18N4O. The third-order valence-corrected chi connectivity index (χ3v) is 3.62. The van der Waals surface area contributed by atoms with Gasteiger partial charge in [-0.1, -0.05) is 18.2 Å². The first-order chi connectivity index (χ1) is 10.1. The van der Waals surface area contributed by atoms with Crippen LogP contribution in [-0.4, -0.2) is 20.7 Å². The van der Waals surface area contributed by atoms with E-state index in [-0.39, 0.29) is 5.91 Å². The number of carbonyl (C=O) groups excluding carboxylic acids is 1. The summed E-state index contributed by atoms with van der Waals surface area (Å²) in [5.41, 5.74) is 4.07. The standard InChI is InChI=1S/C16H18N4O/c1-11-13(10-20(2)19-11)9-18-16(21)7-12-8-17-15-6-4-3-5-14(12)15/h3-6,8,10,17H,7,9H2,1-2H3,(H,18,21). The normalized spacial score (nSPS) is 11.0. The van der Waals surface area contributed by atoms with E-state index >= 15 is 0 Å². The third-order valence-electron chi connectivity index (χ3n) is 3.62. The maximum atomic E-state index is 12.1. The molecule has 2 N–H and O–H groups in total. The van der Waals surface area contributed by atoms with E-state index < -0.39 is 0 Å². The van der Waals surface area contributed by atoms with Crippen molar-refractivity contribution in [2.45, 2.75) is 19.9 Å². The van der Waals surface area contributed by atoms with Crippen LogP contribution in [-0.2, 0) is 24.8 Å². The lowest BCUT2D eigenvalue weighted by Crippen LogP contribution is -2.24. The van der Waals surface area contributed by atoms with Crippen LogP contribution in [0, 0.1) is 6.92 Å². The number of nitrogens with one attached hydrogen (secondary N) is 2. The molecule has 1 aromatic carbocycles. The third kappa shape index (κ3) is 2.81. The van der Waals surface area contributed by atoms with Crippen LogP contribution in [0.1, 0.15) is 16.8 Å². The quantitative estimate of drug-likeness (QED) is 0.769. The van der Waals surface area contributed by atoms with E-state index in [0.29, 0.717) is 13.0 Å². The number of rotatable bonds is 4. The lowest BCUT2D eigenvalue weighted by atomic mass is 10.1. The van der Waals surface area contributed by atoms with Crippen LogP contribution in [0.3, 0.4) is 0 Å². The Balaban J connectivity index is 1.65. The summed E-state index contributed by atoms with van der Waals surface area (Å²) in [5, 5.41) is 8.32. The van der Waals surface area contributed by atoms with Crippen LogP contribution in [0.2, 0.25) is 0 Å². The molecule has 21 heavy (non-hydrogen) atoms. The molecule has 108 valence electrons. The van der Waals surface area contributed by atoms with E-state index in [1.165, 1.54) is 0 Å². The molecule has 3 aromatic rings. The maximum Gasteiger partial charge on any atom is 0.224 e. The first kappa shape index (κ1) is 13.4. The fourth-order valence-corrected chi connectivity index (χ4v) is 2.53. The van der Waals surface area contributed by atoms with Crippen molar-refractivity contribution in [2.75, 3.05) is 0 Å². The van der Waals surface area contributed by atoms with Gasteiger partial charge in [0.25, 0.3) is 0 Å². The second-order valence-corrected chi connectivity index (χ2v) is 5.23. The Hall–Kier alpha value is -2.56. The molecule has 0 radical (unpaired) electrons. The monoisotopic (exact) mass is 282 g/mol. The number of amides is 1. The topological polar surface area (TPSA) is 62.7 Å². The Labute approximate surface area is 123 Å². The Morgan fingerprint density at radius 2 is 2.14 bits per heavy atom. The summed E-state index contributed by atoms with van der Waals surface area (Å²) >= 11 is 0. The minimum Gasteiger partial charge on any atom is -0.361 e. The highest BCUT2D eigenvalue weighted by Crippen LogP contribution is 2.18. The van der Waals surface area contributed by atoms with Crippen molar-refractivity contribution in [2.24, 2.45) is 7.05 Å². The van der Waals surface area contributed by atoms with Gasteiger partial charge in [0.05, 0.1) is 12.1 Å². The van der Waals surface area contributed by atoms with E-state index in [9.17, 15) is 4.79 Å². The number of para-hydroxylation sites is 1. The van der Waals surface area contributed by atoms with Crippen LogP contribution >= 0.6 is 0 Å². The fraction of sp³-hybridized carbons (Fsp3) is 0.250. The lowest BCUT2D eigenvalue weighted by Gasteiger charge is -2.04. The summed E-state index contributed by atoms with van der Waals surface area (Å²) in [6, 6.07) is 8.00. The van der Waals surface area contributed by atoms with Gasteiger partial charge in [-0.05, 0) is 18.6 Å². The Bertz CT molecular complexity index is 785. The summed E-state index contributed by atoms with van der Waals surface area (Å²) in [5.74, 6) is 0.0167. The molecule has 0 aliphatic rings. The molecule has 0 unspecified atom stereocenters. The molecule has 0 fully saturated rings. The van der Waals surface area contributed by atoms with Gasteiger partial charge >= 0.3 is 0 Å². The summed E-state index contributed by atoms with van der Waals surface area (Å²) in [6.45, 7) is 2.46. The molecule has 0 saturated carbocycles. The van der Waals surface area contributed by atoms with Crippen molar-refractivity contribution in [1.82, 2.24) is 20.1 Å². The number of aryl methyl sites for hydroxylation is 2. The molecule has 0 bridgehead atoms. The zero-order valence-corrected chi connectivity index (χ0v) is 12.2. The SMILES string of the molecule is Cc1nn(C)cc1CNC(=O)Cc1c[nH]c2ccccc12. The lowest BCUT2D eigenvalue weighted by molar-refractivity contribution is -0.120. The molecule has 0 saturated heterocycles. The highest BCUT2D eigenvalue weighted by molar-refractivity contribution is 5.88. The van der Waals surface area contributed by atoms with Gasteiger partial charge in [0, 0.05) is 42.5 Å². The minimum atomic E-state index is 0.0167. The number of aromatic amines is 1. The summed E-state index contributed by atoms with van der Waals surface area (Å²) in [4.78, 5) is 15.3. The number of aromatic nitrogens is 3. The van der Waals surface area contributed by atoms with Gasteiger partial charge in [-0.2, -0.15) is 5.10 Å². The predicted molar refractivity (Wildman–Crippen MR) is 81.8 cm³/mol. The molecule has 0 spiro atoms.